The lowest BCUT2D eigenvalue weighted by Crippen LogP contribution is -2.23. The summed E-state index contributed by atoms with van der Waals surface area (Å²) in [6, 6.07) is 11.9. The van der Waals surface area contributed by atoms with Gasteiger partial charge in [-0.3, -0.25) is 4.79 Å². The summed E-state index contributed by atoms with van der Waals surface area (Å²) < 4.78 is 14.3. The van der Waals surface area contributed by atoms with Crippen LogP contribution in [0.4, 0.5) is 4.39 Å². The van der Waals surface area contributed by atoms with Crippen molar-refractivity contribution in [1.29, 1.82) is 0 Å². The summed E-state index contributed by atoms with van der Waals surface area (Å²) in [5.74, 6) is -0.532. The van der Waals surface area contributed by atoms with Gasteiger partial charge in [-0.05, 0) is 37.3 Å². The van der Waals surface area contributed by atoms with Crippen molar-refractivity contribution in [3.05, 3.63) is 69.4 Å². The molecule has 2 nitrogen and oxygen atoms in total. The van der Waals surface area contributed by atoms with E-state index in [0.717, 1.165) is 10.0 Å². The molecule has 4 heteroatoms. The maximum atomic E-state index is 13.5. The maximum absolute atomic E-state index is 13.5. The van der Waals surface area contributed by atoms with E-state index in [1.807, 2.05) is 19.1 Å². The average Bonchev–Trinajstić information content (AvgIpc) is 2.39. The molecule has 0 bridgehead atoms. The highest BCUT2D eigenvalue weighted by atomic mass is 79.9. The van der Waals surface area contributed by atoms with E-state index in [-0.39, 0.29) is 18.3 Å². The highest BCUT2D eigenvalue weighted by molar-refractivity contribution is 9.10. The van der Waals surface area contributed by atoms with E-state index in [9.17, 15) is 9.18 Å². The molecule has 98 valence electrons. The lowest BCUT2D eigenvalue weighted by molar-refractivity contribution is 0.0950. The molecule has 0 atom stereocenters. The van der Waals surface area contributed by atoms with E-state index in [1.54, 1.807) is 24.3 Å². The number of amides is 1. The summed E-state index contributed by atoms with van der Waals surface area (Å²) in [6.07, 6.45) is 0. The van der Waals surface area contributed by atoms with E-state index < -0.39 is 0 Å². The van der Waals surface area contributed by atoms with Crippen molar-refractivity contribution in [3.8, 4) is 0 Å². The molecule has 0 fully saturated rings. The second-order valence-corrected chi connectivity index (χ2v) is 5.20. The molecule has 0 spiro atoms. The topological polar surface area (TPSA) is 29.1 Å². The second-order valence-electron chi connectivity index (χ2n) is 4.29. The van der Waals surface area contributed by atoms with Gasteiger partial charge in [0.25, 0.3) is 5.91 Å². The lowest BCUT2D eigenvalue weighted by Gasteiger charge is -2.07. The molecule has 0 unspecified atom stereocenters. The molecule has 1 N–H and O–H groups in total. The minimum atomic E-state index is -0.326. The van der Waals surface area contributed by atoms with Crippen molar-refractivity contribution in [3.63, 3.8) is 0 Å². The zero-order valence-electron chi connectivity index (χ0n) is 10.4. The first-order valence-corrected chi connectivity index (χ1v) is 6.64. The minimum absolute atomic E-state index is 0.165. The summed E-state index contributed by atoms with van der Waals surface area (Å²) >= 11 is 3.28. The molecule has 0 radical (unpaired) electrons. The summed E-state index contributed by atoms with van der Waals surface area (Å²) in [5.41, 5.74) is 2.05. The number of benzene rings is 2. The van der Waals surface area contributed by atoms with Crippen LogP contribution in [-0.2, 0) is 6.54 Å². The van der Waals surface area contributed by atoms with Gasteiger partial charge >= 0.3 is 0 Å². The monoisotopic (exact) mass is 321 g/mol. The zero-order chi connectivity index (χ0) is 13.8. The van der Waals surface area contributed by atoms with Gasteiger partial charge in [0, 0.05) is 22.1 Å². The normalized spacial score (nSPS) is 10.3. The molecule has 0 saturated heterocycles. The highest BCUT2D eigenvalue weighted by Crippen LogP contribution is 2.15. The van der Waals surface area contributed by atoms with Gasteiger partial charge in [-0.1, -0.05) is 33.6 Å². The molecule has 2 aromatic carbocycles. The number of aryl methyl sites for hydroxylation is 1. The Kier molecular flexibility index (Phi) is 4.32. The zero-order valence-corrected chi connectivity index (χ0v) is 12.0. The first-order valence-electron chi connectivity index (χ1n) is 5.85. The molecule has 1 amide bonds. The van der Waals surface area contributed by atoms with E-state index in [0.29, 0.717) is 11.1 Å². The summed E-state index contributed by atoms with van der Waals surface area (Å²) in [5, 5.41) is 2.71. The molecule has 0 aliphatic carbocycles. The number of carbonyl (C=O) groups excluding carboxylic acids is 1. The highest BCUT2D eigenvalue weighted by Gasteiger charge is 2.07. The van der Waals surface area contributed by atoms with E-state index in [1.165, 1.54) is 6.07 Å². The Bertz CT molecular complexity index is 613. The predicted molar refractivity (Wildman–Crippen MR) is 76.4 cm³/mol. The van der Waals surface area contributed by atoms with Crippen molar-refractivity contribution in [2.45, 2.75) is 13.5 Å². The standard InChI is InChI=1S/C15H13BrFNO/c1-10-3-2-4-11(7-10)15(19)18-9-12-8-13(16)5-6-14(12)17/h2-8H,9H2,1H3,(H,18,19). The SMILES string of the molecule is Cc1cccc(C(=O)NCc2cc(Br)ccc2F)c1. The molecule has 2 aromatic rings. The van der Waals surface area contributed by atoms with E-state index in [2.05, 4.69) is 21.2 Å². The van der Waals surface area contributed by atoms with Crippen LogP contribution in [-0.4, -0.2) is 5.91 Å². The van der Waals surface area contributed by atoms with Crippen molar-refractivity contribution < 1.29 is 9.18 Å². The second kappa shape index (κ2) is 5.97. The number of halogens is 2. The third-order valence-electron chi connectivity index (χ3n) is 2.73. The van der Waals surface area contributed by atoms with Gasteiger partial charge in [-0.25, -0.2) is 4.39 Å². The van der Waals surface area contributed by atoms with E-state index >= 15 is 0 Å². The fourth-order valence-corrected chi connectivity index (χ4v) is 2.15. The van der Waals surface area contributed by atoms with Crippen LogP contribution in [0.1, 0.15) is 21.5 Å². The predicted octanol–water partition coefficient (Wildman–Crippen LogP) is 3.83. The van der Waals surface area contributed by atoms with Crippen LogP contribution in [0.2, 0.25) is 0 Å². The van der Waals surface area contributed by atoms with Gasteiger partial charge in [-0.15, -0.1) is 0 Å². The summed E-state index contributed by atoms with van der Waals surface area (Å²) in [7, 11) is 0. The van der Waals surface area contributed by atoms with Gasteiger partial charge in [0.05, 0.1) is 0 Å². The van der Waals surface area contributed by atoms with Crippen LogP contribution < -0.4 is 5.32 Å². The van der Waals surface area contributed by atoms with Crippen LogP contribution in [0.3, 0.4) is 0 Å². The van der Waals surface area contributed by atoms with E-state index in [4.69, 9.17) is 0 Å². The number of nitrogens with one attached hydrogen (secondary N) is 1. The number of rotatable bonds is 3. The van der Waals surface area contributed by atoms with Crippen molar-refractivity contribution in [1.82, 2.24) is 5.32 Å². The molecule has 0 aliphatic heterocycles. The summed E-state index contributed by atoms with van der Waals surface area (Å²) in [4.78, 5) is 11.9. The van der Waals surface area contributed by atoms with Gasteiger partial charge in [0.2, 0.25) is 0 Å². The summed E-state index contributed by atoms with van der Waals surface area (Å²) in [6.45, 7) is 2.09. The van der Waals surface area contributed by atoms with Crippen LogP contribution in [0.15, 0.2) is 46.9 Å². The molecule has 0 saturated carbocycles. The Morgan fingerprint density at radius 1 is 1.26 bits per heavy atom. The quantitative estimate of drug-likeness (QED) is 0.914. The fraction of sp³-hybridized carbons (Fsp3) is 0.133. The largest absolute Gasteiger partial charge is 0.348 e. The third kappa shape index (κ3) is 3.64. The molecule has 2 rings (SSSR count). The van der Waals surface area contributed by atoms with Crippen LogP contribution in [0.5, 0.6) is 0 Å². The number of carbonyl (C=O) groups is 1. The van der Waals surface area contributed by atoms with Crippen LogP contribution in [0.25, 0.3) is 0 Å². The van der Waals surface area contributed by atoms with Crippen LogP contribution >= 0.6 is 15.9 Å². The number of hydrogen-bond acceptors (Lipinski definition) is 1. The van der Waals surface area contributed by atoms with Gasteiger partial charge in [-0.2, -0.15) is 0 Å². The average molecular weight is 322 g/mol. The van der Waals surface area contributed by atoms with Crippen molar-refractivity contribution in [2.75, 3.05) is 0 Å². The third-order valence-corrected chi connectivity index (χ3v) is 3.22. The maximum Gasteiger partial charge on any atom is 0.251 e. The fourth-order valence-electron chi connectivity index (χ4n) is 1.74. The first-order chi connectivity index (χ1) is 9.06. The molecule has 0 aliphatic rings. The molecular formula is C15H13BrFNO. The first kappa shape index (κ1) is 13.7. The molecular weight excluding hydrogens is 309 g/mol. The minimum Gasteiger partial charge on any atom is -0.348 e. The van der Waals surface area contributed by atoms with Gasteiger partial charge < -0.3 is 5.32 Å². The Hall–Kier alpha value is -1.68. The molecule has 0 aromatic heterocycles. The molecule has 0 heterocycles. The van der Waals surface area contributed by atoms with Gasteiger partial charge in [0.15, 0.2) is 0 Å². The number of hydrogen-bond donors (Lipinski definition) is 1. The lowest BCUT2D eigenvalue weighted by atomic mass is 10.1. The Morgan fingerprint density at radius 3 is 2.79 bits per heavy atom. The van der Waals surface area contributed by atoms with Crippen molar-refractivity contribution in [2.24, 2.45) is 0 Å². The Morgan fingerprint density at radius 2 is 2.05 bits per heavy atom. The Labute approximate surface area is 119 Å². The van der Waals surface area contributed by atoms with Gasteiger partial charge in [0.1, 0.15) is 5.82 Å². The Balaban J connectivity index is 2.06. The van der Waals surface area contributed by atoms with Crippen LogP contribution in [0, 0.1) is 12.7 Å². The molecule has 19 heavy (non-hydrogen) atoms. The van der Waals surface area contributed by atoms with Crippen molar-refractivity contribution >= 4 is 21.8 Å². The smallest absolute Gasteiger partial charge is 0.251 e.